The number of hydrogen-bond donors (Lipinski definition) is 0. The summed E-state index contributed by atoms with van der Waals surface area (Å²) in [5.74, 6) is 0.640. The van der Waals surface area contributed by atoms with E-state index in [4.69, 9.17) is 17.0 Å². The molecule has 0 bridgehead atoms. The number of pyridine rings is 1. The van der Waals surface area contributed by atoms with Crippen LogP contribution >= 0.6 is 0 Å². The summed E-state index contributed by atoms with van der Waals surface area (Å²) >= 11 is 5.51. The summed E-state index contributed by atoms with van der Waals surface area (Å²) < 4.78 is 7.09. The van der Waals surface area contributed by atoms with Crippen molar-refractivity contribution in [2.75, 3.05) is 0 Å². The van der Waals surface area contributed by atoms with Gasteiger partial charge in [-0.2, -0.15) is 4.57 Å². The van der Waals surface area contributed by atoms with Crippen LogP contribution in [0.25, 0.3) is 0 Å². The third-order valence-corrected chi connectivity index (χ3v) is 4.49. The molecule has 0 spiro atoms. The molecule has 0 aliphatic heterocycles. The second kappa shape index (κ2) is 8.54. The standard InChI is InChI=1S/C21H20N2O2S/c1-2-16-8-10-17(11-9-16)20(24)19(23-12-4-3-5-13-23)21(26)22-15-18-7-6-14-25-18/h3-14,19H,2,15H2,1H3/t19-/m0/s1. The molecule has 0 saturated heterocycles. The lowest BCUT2D eigenvalue weighted by atomic mass is 10.0. The van der Waals surface area contributed by atoms with Crippen molar-refractivity contribution in [2.24, 2.45) is 4.99 Å². The number of rotatable bonds is 7. The average molecular weight is 364 g/mol. The Labute approximate surface area is 158 Å². The van der Waals surface area contributed by atoms with Crippen LogP contribution in [-0.4, -0.2) is 10.8 Å². The predicted octanol–water partition coefficient (Wildman–Crippen LogP) is 3.70. The van der Waals surface area contributed by atoms with Crippen LogP contribution in [0.4, 0.5) is 0 Å². The molecule has 3 rings (SSSR count). The summed E-state index contributed by atoms with van der Waals surface area (Å²) in [5, 5.41) is 0.335. The monoisotopic (exact) mass is 364 g/mol. The van der Waals surface area contributed by atoms with Gasteiger partial charge in [0.1, 0.15) is 5.76 Å². The number of aromatic nitrogens is 1. The highest BCUT2D eigenvalue weighted by atomic mass is 32.1. The van der Waals surface area contributed by atoms with Crippen molar-refractivity contribution >= 4 is 23.5 Å². The predicted molar refractivity (Wildman–Crippen MR) is 103 cm³/mol. The van der Waals surface area contributed by atoms with Crippen LogP contribution in [-0.2, 0) is 25.6 Å². The Hall–Kier alpha value is -2.79. The Morgan fingerprint density at radius 1 is 1.12 bits per heavy atom. The van der Waals surface area contributed by atoms with Crippen LogP contribution in [0, 0.1) is 0 Å². The number of nitrogens with zero attached hydrogens (tertiary/aromatic N) is 2. The molecule has 132 valence electrons. The molecular formula is C21H20N2O2S. The largest absolute Gasteiger partial charge is 0.758 e. The van der Waals surface area contributed by atoms with Gasteiger partial charge in [0.2, 0.25) is 11.8 Å². The minimum absolute atomic E-state index is 0.0722. The van der Waals surface area contributed by atoms with Crippen LogP contribution in [0.2, 0.25) is 0 Å². The Kier molecular flexibility index (Phi) is 5.92. The molecule has 0 N–H and O–H groups in total. The minimum atomic E-state index is -0.659. The molecule has 0 unspecified atom stereocenters. The fourth-order valence-corrected chi connectivity index (χ4v) is 2.96. The lowest BCUT2D eigenvalue weighted by Crippen LogP contribution is -2.47. The number of aryl methyl sites for hydroxylation is 1. The summed E-state index contributed by atoms with van der Waals surface area (Å²) in [6.07, 6.45) is 6.19. The Bertz CT molecular complexity index is 872. The number of benzene rings is 1. The molecule has 0 saturated carbocycles. The Morgan fingerprint density at radius 3 is 2.46 bits per heavy atom. The minimum Gasteiger partial charge on any atom is -0.758 e. The van der Waals surface area contributed by atoms with Crippen molar-refractivity contribution in [2.45, 2.75) is 25.9 Å². The highest BCUT2D eigenvalue weighted by Crippen LogP contribution is 2.14. The van der Waals surface area contributed by atoms with Crippen molar-refractivity contribution in [3.05, 3.63) is 90.1 Å². The van der Waals surface area contributed by atoms with E-state index in [1.165, 1.54) is 5.56 Å². The lowest BCUT2D eigenvalue weighted by Gasteiger charge is -2.18. The van der Waals surface area contributed by atoms with Crippen molar-refractivity contribution in [1.82, 2.24) is 0 Å². The number of hydrogen-bond acceptors (Lipinski definition) is 4. The molecule has 26 heavy (non-hydrogen) atoms. The maximum absolute atomic E-state index is 13.2. The highest BCUT2D eigenvalue weighted by Gasteiger charge is 2.28. The van der Waals surface area contributed by atoms with E-state index in [9.17, 15) is 4.79 Å². The van der Waals surface area contributed by atoms with E-state index >= 15 is 0 Å². The van der Waals surface area contributed by atoms with E-state index in [1.807, 2.05) is 60.9 Å². The Morgan fingerprint density at radius 2 is 1.85 bits per heavy atom. The molecule has 1 aromatic carbocycles. The van der Waals surface area contributed by atoms with Crippen molar-refractivity contribution in [3.8, 4) is 0 Å². The van der Waals surface area contributed by atoms with Crippen molar-refractivity contribution in [1.29, 1.82) is 0 Å². The van der Waals surface area contributed by atoms with Crippen LogP contribution in [0.1, 0.15) is 34.6 Å². The Balaban J connectivity index is 1.92. The number of furan rings is 1. The molecule has 0 fully saturated rings. The van der Waals surface area contributed by atoms with Crippen LogP contribution in [0.3, 0.4) is 0 Å². The van der Waals surface area contributed by atoms with Gasteiger partial charge in [0.05, 0.1) is 12.8 Å². The first-order valence-electron chi connectivity index (χ1n) is 8.51. The van der Waals surface area contributed by atoms with E-state index in [0.717, 1.165) is 6.42 Å². The molecule has 0 radical (unpaired) electrons. The highest BCUT2D eigenvalue weighted by molar-refractivity contribution is 7.77. The van der Waals surface area contributed by atoms with E-state index < -0.39 is 6.04 Å². The zero-order chi connectivity index (χ0) is 18.4. The van der Waals surface area contributed by atoms with Crippen LogP contribution in [0.5, 0.6) is 0 Å². The quantitative estimate of drug-likeness (QED) is 0.211. The van der Waals surface area contributed by atoms with E-state index in [0.29, 0.717) is 22.9 Å². The molecule has 0 aliphatic carbocycles. The van der Waals surface area contributed by atoms with Gasteiger partial charge in [-0.1, -0.05) is 37.3 Å². The first-order valence-corrected chi connectivity index (χ1v) is 8.92. The smallest absolute Gasteiger partial charge is 0.237 e. The van der Waals surface area contributed by atoms with Crippen LogP contribution in [0.15, 0.2) is 82.7 Å². The normalized spacial score (nSPS) is 12.7. The zero-order valence-electron chi connectivity index (χ0n) is 14.5. The fourth-order valence-electron chi connectivity index (χ4n) is 2.67. The summed E-state index contributed by atoms with van der Waals surface area (Å²) in [7, 11) is 0. The van der Waals surface area contributed by atoms with Crippen molar-refractivity contribution < 1.29 is 13.8 Å². The van der Waals surface area contributed by atoms with Gasteiger partial charge in [0, 0.05) is 17.7 Å². The second-order valence-electron chi connectivity index (χ2n) is 5.87. The average Bonchev–Trinajstić information content (AvgIpc) is 3.21. The second-order valence-corrected chi connectivity index (χ2v) is 6.29. The molecule has 1 atom stereocenters. The van der Waals surface area contributed by atoms with Gasteiger partial charge in [0.25, 0.3) is 0 Å². The van der Waals surface area contributed by atoms with Gasteiger partial charge in [-0.3, -0.25) is 4.79 Å². The van der Waals surface area contributed by atoms with E-state index in [-0.39, 0.29) is 5.78 Å². The third-order valence-electron chi connectivity index (χ3n) is 4.14. The molecule has 5 heteroatoms. The molecule has 2 aromatic heterocycles. The summed E-state index contributed by atoms with van der Waals surface area (Å²) in [4.78, 5) is 17.6. The molecule has 2 heterocycles. The van der Waals surface area contributed by atoms with Crippen LogP contribution < -0.4 is 4.57 Å². The van der Waals surface area contributed by atoms with E-state index in [1.54, 1.807) is 16.9 Å². The topological polar surface area (TPSA) is 46.5 Å². The number of aliphatic imine (C=N–C) groups is 1. The molecule has 3 aromatic rings. The molecule has 0 amide bonds. The maximum Gasteiger partial charge on any atom is 0.237 e. The first-order chi connectivity index (χ1) is 12.7. The SMILES string of the molecule is CCc1ccc(C(=O)[C@@H](C([S-])=NCc2ccco2)[n+]2ccccc2)cc1. The van der Waals surface area contributed by atoms with Gasteiger partial charge < -0.3 is 22.0 Å². The molecule has 0 aliphatic rings. The number of Topliss-reactive ketones (excluding diaryl/α,β-unsaturated/α-hetero) is 1. The fraction of sp³-hybridized carbons (Fsp3) is 0.190. The van der Waals surface area contributed by atoms with Gasteiger partial charge in [-0.25, -0.2) is 0 Å². The summed E-state index contributed by atoms with van der Waals surface area (Å²) in [6.45, 7) is 2.40. The van der Waals surface area contributed by atoms with Gasteiger partial charge >= 0.3 is 0 Å². The number of carbonyl (C=O) groups is 1. The number of carbonyl (C=O) groups excluding carboxylic acids is 1. The summed E-state index contributed by atoms with van der Waals surface area (Å²) in [6, 6.07) is 16.3. The van der Waals surface area contributed by atoms with Gasteiger partial charge in [-0.05, 0) is 29.2 Å². The first kappa shape index (κ1) is 18.0. The molecule has 4 nitrogen and oxygen atoms in total. The number of ketones is 1. The van der Waals surface area contributed by atoms with Crippen molar-refractivity contribution in [3.63, 3.8) is 0 Å². The van der Waals surface area contributed by atoms with E-state index in [2.05, 4.69) is 11.9 Å². The maximum atomic E-state index is 13.2. The third kappa shape index (κ3) is 4.24. The lowest BCUT2D eigenvalue weighted by molar-refractivity contribution is -0.691. The zero-order valence-corrected chi connectivity index (χ0v) is 15.4. The summed E-state index contributed by atoms with van der Waals surface area (Å²) in [5.41, 5.74) is 1.81. The van der Waals surface area contributed by atoms with Gasteiger partial charge in [-0.15, -0.1) is 0 Å². The van der Waals surface area contributed by atoms with Gasteiger partial charge in [0.15, 0.2) is 12.4 Å². The molecular weight excluding hydrogens is 344 g/mol.